The number of thioether (sulfide) groups is 1. The first-order valence-corrected chi connectivity index (χ1v) is 9.43. The fraction of sp³-hybridized carbons (Fsp3) is 0.133. The first kappa shape index (κ1) is 15.8. The minimum Gasteiger partial charge on any atom is -0.449 e. The minimum absolute atomic E-state index is 0.0625. The van der Waals surface area contributed by atoms with Crippen LogP contribution in [0.3, 0.4) is 0 Å². The summed E-state index contributed by atoms with van der Waals surface area (Å²) in [6.07, 6.45) is 2.64. The molecule has 0 N–H and O–H groups in total. The molecule has 0 atom stereocenters. The average Bonchev–Trinajstić information content (AvgIpc) is 3.15. The summed E-state index contributed by atoms with van der Waals surface area (Å²) in [5, 5.41) is 0.356. The number of oxazole rings is 1. The summed E-state index contributed by atoms with van der Waals surface area (Å²) in [6, 6.07) is 8.93. The molecule has 2 aromatic heterocycles. The molecule has 0 aliphatic carbocycles. The Morgan fingerprint density at radius 3 is 2.52 bits per heavy atom. The van der Waals surface area contributed by atoms with Gasteiger partial charge in [-0.25, -0.2) is 17.8 Å². The molecular weight excluding hydrogens is 341 g/mol. The summed E-state index contributed by atoms with van der Waals surface area (Å²) in [7, 11) is -3.35. The van der Waals surface area contributed by atoms with E-state index in [2.05, 4.69) is 4.98 Å². The van der Waals surface area contributed by atoms with Crippen LogP contribution in [-0.4, -0.2) is 19.7 Å². The normalized spacial score (nSPS) is 11.7. The van der Waals surface area contributed by atoms with Crippen molar-refractivity contribution in [3.05, 3.63) is 54.2 Å². The predicted molar refractivity (Wildman–Crippen MR) is 83.3 cm³/mol. The highest BCUT2D eigenvalue weighted by molar-refractivity contribution is 7.98. The Labute approximate surface area is 136 Å². The number of benzene rings is 1. The van der Waals surface area contributed by atoms with Gasteiger partial charge in [-0.05, 0) is 36.4 Å². The molecule has 1 aromatic carbocycles. The van der Waals surface area contributed by atoms with E-state index in [0.29, 0.717) is 22.5 Å². The lowest BCUT2D eigenvalue weighted by atomic mass is 10.2. The SMILES string of the molecule is CS(=O)(=O)c1ccc(CSc2ncc(-c3ccc(F)cc3)o2)o1. The fourth-order valence-electron chi connectivity index (χ4n) is 1.84. The van der Waals surface area contributed by atoms with Gasteiger partial charge in [0.2, 0.25) is 14.9 Å². The Kier molecular flexibility index (Phi) is 4.27. The molecule has 3 rings (SSSR count). The molecule has 23 heavy (non-hydrogen) atoms. The second-order valence-corrected chi connectivity index (χ2v) is 7.65. The van der Waals surface area contributed by atoms with Crippen molar-refractivity contribution in [1.82, 2.24) is 4.98 Å². The smallest absolute Gasteiger partial charge is 0.256 e. The molecule has 8 heteroatoms. The Bertz CT molecular complexity index is 913. The number of hydrogen-bond acceptors (Lipinski definition) is 6. The zero-order chi connectivity index (χ0) is 16.4. The largest absolute Gasteiger partial charge is 0.449 e. The van der Waals surface area contributed by atoms with Crippen molar-refractivity contribution in [3.8, 4) is 11.3 Å². The molecule has 0 unspecified atom stereocenters. The second-order valence-electron chi connectivity index (χ2n) is 4.78. The van der Waals surface area contributed by atoms with Gasteiger partial charge >= 0.3 is 0 Å². The third-order valence-corrected chi connectivity index (χ3v) is 4.77. The quantitative estimate of drug-likeness (QED) is 0.650. The lowest BCUT2D eigenvalue weighted by molar-refractivity contribution is 0.426. The molecule has 2 heterocycles. The maximum Gasteiger partial charge on any atom is 0.256 e. The lowest BCUT2D eigenvalue weighted by Crippen LogP contribution is -1.93. The molecule has 120 valence electrons. The summed E-state index contributed by atoms with van der Waals surface area (Å²) in [5.74, 6) is 1.11. The van der Waals surface area contributed by atoms with Crippen molar-refractivity contribution in [2.24, 2.45) is 0 Å². The van der Waals surface area contributed by atoms with Crippen LogP contribution in [-0.2, 0) is 15.6 Å². The highest BCUT2D eigenvalue weighted by Crippen LogP contribution is 2.28. The summed E-state index contributed by atoms with van der Waals surface area (Å²) < 4.78 is 46.4. The van der Waals surface area contributed by atoms with Crippen LogP contribution in [0.4, 0.5) is 4.39 Å². The average molecular weight is 353 g/mol. The van der Waals surface area contributed by atoms with Gasteiger partial charge in [-0.1, -0.05) is 11.8 Å². The van der Waals surface area contributed by atoms with E-state index < -0.39 is 9.84 Å². The highest BCUT2D eigenvalue weighted by Gasteiger charge is 2.14. The van der Waals surface area contributed by atoms with Gasteiger partial charge in [0.15, 0.2) is 5.76 Å². The number of sulfone groups is 1. The van der Waals surface area contributed by atoms with Gasteiger partial charge in [0.05, 0.1) is 11.9 Å². The Balaban J connectivity index is 1.68. The first-order valence-electron chi connectivity index (χ1n) is 6.55. The van der Waals surface area contributed by atoms with Gasteiger partial charge in [0.25, 0.3) is 5.22 Å². The molecular formula is C15H12FNO4S2. The van der Waals surface area contributed by atoms with Crippen molar-refractivity contribution >= 4 is 21.6 Å². The van der Waals surface area contributed by atoms with E-state index in [1.54, 1.807) is 24.4 Å². The van der Waals surface area contributed by atoms with Crippen molar-refractivity contribution in [3.63, 3.8) is 0 Å². The minimum atomic E-state index is -3.35. The van der Waals surface area contributed by atoms with Gasteiger partial charge in [-0.15, -0.1) is 0 Å². The maximum absolute atomic E-state index is 12.9. The van der Waals surface area contributed by atoms with Crippen LogP contribution in [0, 0.1) is 5.82 Å². The van der Waals surface area contributed by atoms with Crippen molar-refractivity contribution in [1.29, 1.82) is 0 Å². The Morgan fingerprint density at radius 2 is 1.87 bits per heavy atom. The molecule has 0 radical (unpaired) electrons. The van der Waals surface area contributed by atoms with Gasteiger partial charge < -0.3 is 8.83 Å². The van der Waals surface area contributed by atoms with Crippen LogP contribution in [0.2, 0.25) is 0 Å². The van der Waals surface area contributed by atoms with Gasteiger partial charge in [0.1, 0.15) is 11.6 Å². The lowest BCUT2D eigenvalue weighted by Gasteiger charge is -1.96. The molecule has 0 bridgehead atoms. The van der Waals surface area contributed by atoms with Crippen molar-refractivity contribution in [2.75, 3.05) is 6.26 Å². The monoisotopic (exact) mass is 353 g/mol. The van der Waals surface area contributed by atoms with E-state index in [-0.39, 0.29) is 10.9 Å². The molecule has 3 aromatic rings. The van der Waals surface area contributed by atoms with Gasteiger partial charge in [0, 0.05) is 11.8 Å². The number of aromatic nitrogens is 1. The number of halogens is 1. The van der Waals surface area contributed by atoms with Crippen molar-refractivity contribution in [2.45, 2.75) is 16.1 Å². The third kappa shape index (κ3) is 3.83. The molecule has 0 amide bonds. The number of rotatable bonds is 5. The maximum atomic E-state index is 12.9. The Morgan fingerprint density at radius 1 is 1.13 bits per heavy atom. The zero-order valence-electron chi connectivity index (χ0n) is 12.0. The number of hydrogen-bond donors (Lipinski definition) is 0. The molecule has 0 saturated carbocycles. The van der Waals surface area contributed by atoms with Crippen LogP contribution < -0.4 is 0 Å². The molecule has 5 nitrogen and oxygen atoms in total. The number of nitrogens with zero attached hydrogens (tertiary/aromatic N) is 1. The van der Waals surface area contributed by atoms with E-state index >= 15 is 0 Å². The number of furan rings is 1. The van der Waals surface area contributed by atoms with Crippen LogP contribution in [0.25, 0.3) is 11.3 Å². The van der Waals surface area contributed by atoms with E-state index in [1.807, 2.05) is 0 Å². The fourth-order valence-corrected chi connectivity index (χ4v) is 3.11. The standard InChI is InChI=1S/C15H12FNO4S2/c1-23(18,19)14-7-6-12(20-14)9-22-15-17-8-13(21-15)10-2-4-11(16)5-3-10/h2-8H,9H2,1H3. The summed E-state index contributed by atoms with van der Waals surface area (Å²) in [4.78, 5) is 4.13. The Hall–Kier alpha value is -2.06. The molecule has 0 aliphatic heterocycles. The van der Waals surface area contributed by atoms with Crippen LogP contribution in [0.1, 0.15) is 5.76 Å². The molecule has 0 saturated heterocycles. The van der Waals surface area contributed by atoms with Crippen LogP contribution in [0.15, 0.2) is 61.7 Å². The molecule has 0 aliphatic rings. The summed E-state index contributed by atoms with van der Waals surface area (Å²) in [5.41, 5.74) is 0.725. The van der Waals surface area contributed by atoms with E-state index in [0.717, 1.165) is 11.8 Å². The van der Waals surface area contributed by atoms with E-state index in [1.165, 1.54) is 30.0 Å². The third-order valence-electron chi connectivity index (χ3n) is 2.95. The summed E-state index contributed by atoms with van der Waals surface area (Å²) >= 11 is 1.28. The van der Waals surface area contributed by atoms with Gasteiger partial charge in [-0.3, -0.25) is 0 Å². The van der Waals surface area contributed by atoms with Crippen molar-refractivity contribution < 1.29 is 21.6 Å². The molecule has 0 spiro atoms. The van der Waals surface area contributed by atoms with E-state index in [4.69, 9.17) is 8.83 Å². The molecule has 0 fully saturated rings. The predicted octanol–water partition coefficient (Wildman–Crippen LogP) is 3.77. The van der Waals surface area contributed by atoms with E-state index in [9.17, 15) is 12.8 Å². The highest BCUT2D eigenvalue weighted by atomic mass is 32.2. The summed E-state index contributed by atoms with van der Waals surface area (Å²) in [6.45, 7) is 0. The van der Waals surface area contributed by atoms with Crippen LogP contribution in [0.5, 0.6) is 0 Å². The van der Waals surface area contributed by atoms with Gasteiger partial charge in [-0.2, -0.15) is 0 Å². The second kappa shape index (κ2) is 6.21. The first-order chi connectivity index (χ1) is 10.9. The zero-order valence-corrected chi connectivity index (χ0v) is 13.7. The topological polar surface area (TPSA) is 73.3 Å². The van der Waals surface area contributed by atoms with Crippen LogP contribution >= 0.6 is 11.8 Å².